The van der Waals surface area contributed by atoms with E-state index < -0.39 is 0 Å². The van der Waals surface area contributed by atoms with Crippen molar-refractivity contribution < 1.29 is 9.53 Å². The molecule has 26 heavy (non-hydrogen) atoms. The summed E-state index contributed by atoms with van der Waals surface area (Å²) >= 11 is 0. The smallest absolute Gasteiger partial charge is 0.252 e. The third kappa shape index (κ3) is 3.90. The Morgan fingerprint density at radius 3 is 2.12 bits per heavy atom. The summed E-state index contributed by atoms with van der Waals surface area (Å²) in [5.74, 6) is 0.568. The Morgan fingerprint density at radius 1 is 0.923 bits per heavy atom. The molecule has 128 valence electrons. The van der Waals surface area contributed by atoms with Crippen LogP contribution >= 0.6 is 0 Å². The summed E-state index contributed by atoms with van der Waals surface area (Å²) in [4.78, 5) is 12.7. The minimum Gasteiger partial charge on any atom is -0.497 e. The van der Waals surface area contributed by atoms with Gasteiger partial charge in [0, 0.05) is 5.56 Å². The first-order valence-electron chi connectivity index (χ1n) is 8.21. The van der Waals surface area contributed by atoms with Gasteiger partial charge in [-0.1, -0.05) is 42.5 Å². The molecule has 3 aromatic rings. The molecular formula is C22H18N2O2. The fraction of sp³-hybridized carbons (Fsp3) is 0.0909. The molecule has 0 spiro atoms. The van der Waals surface area contributed by atoms with Crippen molar-refractivity contribution in [2.24, 2.45) is 0 Å². The van der Waals surface area contributed by atoms with Crippen molar-refractivity contribution in [1.82, 2.24) is 5.32 Å². The third-order valence-electron chi connectivity index (χ3n) is 4.13. The van der Waals surface area contributed by atoms with Gasteiger partial charge in [0.25, 0.3) is 5.91 Å². The second-order valence-corrected chi connectivity index (χ2v) is 5.78. The zero-order valence-corrected chi connectivity index (χ0v) is 14.3. The van der Waals surface area contributed by atoms with E-state index in [1.807, 2.05) is 54.6 Å². The van der Waals surface area contributed by atoms with Gasteiger partial charge in [0.1, 0.15) is 5.75 Å². The van der Waals surface area contributed by atoms with Crippen molar-refractivity contribution in [3.63, 3.8) is 0 Å². The summed E-state index contributed by atoms with van der Waals surface area (Å²) in [6.07, 6.45) is 0. The van der Waals surface area contributed by atoms with Gasteiger partial charge in [0.15, 0.2) is 0 Å². The lowest BCUT2D eigenvalue weighted by Crippen LogP contribution is -2.29. The van der Waals surface area contributed by atoms with E-state index in [2.05, 4.69) is 11.4 Å². The fourth-order valence-corrected chi connectivity index (χ4v) is 2.71. The molecule has 0 bridgehead atoms. The molecule has 0 saturated carbocycles. The SMILES string of the molecule is COc1ccc([C@H](NC(=O)c2ccc(C#N)cc2)c2ccccc2)cc1. The number of nitrogens with one attached hydrogen (secondary N) is 1. The Hall–Kier alpha value is -3.58. The predicted molar refractivity (Wildman–Crippen MR) is 99.9 cm³/mol. The van der Waals surface area contributed by atoms with Gasteiger partial charge in [-0.15, -0.1) is 0 Å². The van der Waals surface area contributed by atoms with Crippen LogP contribution in [0.25, 0.3) is 0 Å². The van der Waals surface area contributed by atoms with Gasteiger partial charge >= 0.3 is 0 Å². The lowest BCUT2D eigenvalue weighted by Gasteiger charge is -2.20. The number of methoxy groups -OCH3 is 1. The van der Waals surface area contributed by atoms with E-state index in [9.17, 15) is 4.79 Å². The van der Waals surface area contributed by atoms with Gasteiger partial charge in [-0.3, -0.25) is 4.79 Å². The molecule has 0 radical (unpaired) electrons. The van der Waals surface area contributed by atoms with Crippen LogP contribution < -0.4 is 10.1 Å². The summed E-state index contributed by atoms with van der Waals surface area (Å²) in [7, 11) is 1.62. The topological polar surface area (TPSA) is 62.1 Å². The maximum absolute atomic E-state index is 12.7. The fourth-order valence-electron chi connectivity index (χ4n) is 2.71. The number of nitriles is 1. The molecule has 0 aliphatic carbocycles. The molecule has 3 aromatic carbocycles. The molecule has 4 heteroatoms. The highest BCUT2D eigenvalue weighted by Gasteiger charge is 2.18. The van der Waals surface area contributed by atoms with Crippen LogP contribution in [-0.2, 0) is 0 Å². The van der Waals surface area contributed by atoms with Crippen molar-refractivity contribution in [2.75, 3.05) is 7.11 Å². The molecule has 0 fully saturated rings. The van der Waals surface area contributed by atoms with E-state index >= 15 is 0 Å². The predicted octanol–water partition coefficient (Wildman–Crippen LogP) is 4.09. The molecule has 0 aromatic heterocycles. The lowest BCUT2D eigenvalue weighted by atomic mass is 9.98. The molecule has 0 unspecified atom stereocenters. The number of carbonyl (C=O) groups excluding carboxylic acids is 1. The molecule has 0 aliphatic heterocycles. The van der Waals surface area contributed by atoms with Gasteiger partial charge in [0.2, 0.25) is 0 Å². The van der Waals surface area contributed by atoms with E-state index in [0.717, 1.165) is 16.9 Å². The van der Waals surface area contributed by atoms with Crippen LogP contribution in [0.3, 0.4) is 0 Å². The second-order valence-electron chi connectivity index (χ2n) is 5.78. The van der Waals surface area contributed by atoms with Gasteiger partial charge < -0.3 is 10.1 Å². The van der Waals surface area contributed by atoms with Gasteiger partial charge in [-0.05, 0) is 47.5 Å². The van der Waals surface area contributed by atoms with Crippen LogP contribution in [0.4, 0.5) is 0 Å². The maximum Gasteiger partial charge on any atom is 0.252 e. The number of nitrogens with zero attached hydrogens (tertiary/aromatic N) is 1. The van der Waals surface area contributed by atoms with Crippen molar-refractivity contribution >= 4 is 5.91 Å². The number of amides is 1. The number of hydrogen-bond donors (Lipinski definition) is 1. The molecule has 4 nitrogen and oxygen atoms in total. The summed E-state index contributed by atoms with van der Waals surface area (Å²) < 4.78 is 5.21. The van der Waals surface area contributed by atoms with Crippen molar-refractivity contribution in [1.29, 1.82) is 5.26 Å². The minimum absolute atomic E-state index is 0.195. The van der Waals surface area contributed by atoms with E-state index in [-0.39, 0.29) is 11.9 Å². The Labute approximate surface area is 152 Å². The first kappa shape index (κ1) is 17.2. The molecule has 3 rings (SSSR count). The van der Waals surface area contributed by atoms with Gasteiger partial charge in [-0.25, -0.2) is 0 Å². The van der Waals surface area contributed by atoms with E-state index in [0.29, 0.717) is 11.1 Å². The van der Waals surface area contributed by atoms with Crippen LogP contribution in [0.2, 0.25) is 0 Å². The zero-order valence-electron chi connectivity index (χ0n) is 14.3. The Kier molecular flexibility index (Phi) is 5.31. The number of rotatable bonds is 5. The van der Waals surface area contributed by atoms with E-state index in [1.165, 1.54) is 0 Å². The standard InChI is InChI=1S/C22H18N2O2/c1-26-20-13-11-18(12-14-20)21(17-5-3-2-4-6-17)24-22(25)19-9-7-16(15-23)8-10-19/h2-14,21H,1H3,(H,24,25)/t21-/m1/s1. The van der Waals surface area contributed by atoms with Crippen LogP contribution in [0.5, 0.6) is 5.75 Å². The molecule has 1 atom stereocenters. The number of hydrogen-bond acceptors (Lipinski definition) is 3. The Balaban J connectivity index is 1.90. The molecule has 1 N–H and O–H groups in total. The van der Waals surface area contributed by atoms with E-state index in [1.54, 1.807) is 31.4 Å². The van der Waals surface area contributed by atoms with Crippen LogP contribution in [-0.4, -0.2) is 13.0 Å². The normalized spacial score (nSPS) is 11.2. The van der Waals surface area contributed by atoms with Gasteiger partial charge in [-0.2, -0.15) is 5.26 Å². The lowest BCUT2D eigenvalue weighted by molar-refractivity contribution is 0.0943. The highest BCUT2D eigenvalue weighted by Crippen LogP contribution is 2.24. The van der Waals surface area contributed by atoms with Crippen LogP contribution in [0.1, 0.15) is 33.1 Å². The average molecular weight is 342 g/mol. The third-order valence-corrected chi connectivity index (χ3v) is 4.13. The van der Waals surface area contributed by atoms with Crippen molar-refractivity contribution in [2.45, 2.75) is 6.04 Å². The molecule has 0 saturated heterocycles. The first-order chi connectivity index (χ1) is 12.7. The largest absolute Gasteiger partial charge is 0.497 e. The average Bonchev–Trinajstić information content (AvgIpc) is 2.72. The number of benzene rings is 3. The molecular weight excluding hydrogens is 324 g/mol. The first-order valence-corrected chi connectivity index (χ1v) is 8.21. The van der Waals surface area contributed by atoms with Crippen molar-refractivity contribution in [3.8, 4) is 11.8 Å². The highest BCUT2D eigenvalue weighted by molar-refractivity contribution is 5.94. The summed E-state index contributed by atoms with van der Waals surface area (Å²) in [5, 5.41) is 12.0. The minimum atomic E-state index is -0.287. The second kappa shape index (κ2) is 8.00. The van der Waals surface area contributed by atoms with Gasteiger partial charge in [0.05, 0.1) is 24.8 Å². The Bertz CT molecular complexity index is 911. The summed E-state index contributed by atoms with van der Waals surface area (Å²) in [5.41, 5.74) is 2.98. The molecule has 1 amide bonds. The van der Waals surface area contributed by atoms with E-state index in [4.69, 9.17) is 10.00 Å². The quantitative estimate of drug-likeness (QED) is 0.760. The summed E-state index contributed by atoms with van der Waals surface area (Å²) in [6.45, 7) is 0. The van der Waals surface area contributed by atoms with Crippen LogP contribution in [0, 0.1) is 11.3 Å². The summed E-state index contributed by atoms with van der Waals surface area (Å²) in [6, 6.07) is 25.8. The Morgan fingerprint density at radius 2 is 1.54 bits per heavy atom. The number of carbonyl (C=O) groups is 1. The monoisotopic (exact) mass is 342 g/mol. The highest BCUT2D eigenvalue weighted by atomic mass is 16.5. The molecule has 0 aliphatic rings. The number of ether oxygens (including phenoxy) is 1. The maximum atomic E-state index is 12.7. The zero-order chi connectivity index (χ0) is 18.4. The van der Waals surface area contributed by atoms with Crippen LogP contribution in [0.15, 0.2) is 78.9 Å². The van der Waals surface area contributed by atoms with Crippen molar-refractivity contribution in [3.05, 3.63) is 101 Å². The molecule has 0 heterocycles.